The van der Waals surface area contributed by atoms with Crippen molar-refractivity contribution in [3.8, 4) is 5.75 Å². The van der Waals surface area contributed by atoms with Crippen LogP contribution in [0.15, 0.2) is 22.7 Å². The molecule has 0 radical (unpaired) electrons. The van der Waals surface area contributed by atoms with Crippen molar-refractivity contribution >= 4 is 33.1 Å². The molecule has 1 saturated heterocycles. The average molecular weight is 288 g/mol. The normalized spacial score (nSPS) is 15.8. The van der Waals surface area contributed by atoms with Crippen LogP contribution in [0.2, 0.25) is 0 Å². The molecule has 1 fully saturated rings. The molecule has 0 aromatic heterocycles. The molecular weight excluding hydrogens is 278 g/mol. The first-order valence-corrected chi connectivity index (χ1v) is 5.71. The fourth-order valence-corrected chi connectivity index (χ4v) is 2.21. The monoisotopic (exact) mass is 287 g/mol. The van der Waals surface area contributed by atoms with Crippen molar-refractivity contribution in [1.29, 1.82) is 0 Å². The van der Waals surface area contributed by atoms with Crippen molar-refractivity contribution < 1.29 is 9.47 Å². The van der Waals surface area contributed by atoms with Crippen LogP contribution in [0.1, 0.15) is 5.56 Å². The second-order valence-corrected chi connectivity index (χ2v) is 4.55. The maximum atomic E-state index is 5.70. The molecule has 0 spiro atoms. The third-order valence-corrected chi connectivity index (χ3v) is 2.99. The van der Waals surface area contributed by atoms with Gasteiger partial charge in [0, 0.05) is 4.47 Å². The molecule has 1 aromatic rings. The summed E-state index contributed by atoms with van der Waals surface area (Å²) in [6, 6.07) is 5.64. The first-order valence-electron chi connectivity index (χ1n) is 4.51. The number of thiocarbonyl (C=S) groups is 1. The fraction of sp³-hybridized carbons (Fsp3) is 0.300. The van der Waals surface area contributed by atoms with Crippen LogP contribution >= 0.6 is 28.1 Å². The van der Waals surface area contributed by atoms with Gasteiger partial charge >= 0.3 is 0 Å². The van der Waals surface area contributed by atoms with Gasteiger partial charge in [-0.25, -0.2) is 0 Å². The van der Waals surface area contributed by atoms with Crippen LogP contribution in [0.5, 0.6) is 5.75 Å². The van der Waals surface area contributed by atoms with E-state index in [1.54, 1.807) is 0 Å². The minimum atomic E-state index is 0.118. The second-order valence-electron chi connectivity index (χ2n) is 3.25. The Morgan fingerprint density at radius 3 is 2.80 bits per heavy atom. The summed E-state index contributed by atoms with van der Waals surface area (Å²) in [6.07, 6.45) is 0.118. The summed E-state index contributed by atoms with van der Waals surface area (Å²) in [5, 5.41) is 0. The summed E-state index contributed by atoms with van der Waals surface area (Å²) in [5.41, 5.74) is 6.39. The molecule has 0 atom stereocenters. The highest BCUT2D eigenvalue weighted by Crippen LogP contribution is 2.28. The highest BCUT2D eigenvalue weighted by Gasteiger charge is 2.22. The predicted octanol–water partition coefficient (Wildman–Crippen LogP) is 1.86. The maximum absolute atomic E-state index is 5.70. The molecule has 15 heavy (non-hydrogen) atoms. The predicted molar refractivity (Wildman–Crippen MR) is 65.3 cm³/mol. The van der Waals surface area contributed by atoms with Crippen molar-refractivity contribution in [1.82, 2.24) is 0 Å². The Morgan fingerprint density at radius 2 is 2.27 bits per heavy atom. The van der Waals surface area contributed by atoms with E-state index < -0.39 is 0 Å². The van der Waals surface area contributed by atoms with E-state index in [2.05, 4.69) is 15.9 Å². The first-order chi connectivity index (χ1) is 7.18. The van der Waals surface area contributed by atoms with Gasteiger partial charge in [0.25, 0.3) is 0 Å². The van der Waals surface area contributed by atoms with Gasteiger partial charge < -0.3 is 15.2 Å². The minimum Gasteiger partial charge on any atom is -0.485 e. The lowest BCUT2D eigenvalue weighted by atomic mass is 10.2. The van der Waals surface area contributed by atoms with Gasteiger partial charge in [0.1, 0.15) is 16.8 Å². The van der Waals surface area contributed by atoms with E-state index in [-0.39, 0.29) is 6.10 Å². The Bertz CT molecular complexity index is 393. The molecule has 0 unspecified atom stereocenters. The van der Waals surface area contributed by atoms with Crippen LogP contribution < -0.4 is 10.5 Å². The Kier molecular flexibility index (Phi) is 3.23. The first kappa shape index (κ1) is 10.9. The van der Waals surface area contributed by atoms with Crippen LogP contribution in [-0.4, -0.2) is 24.3 Å². The standard InChI is InChI=1S/C10H10BrNO2S/c11-7-2-1-3-8(9(7)10(12)15)14-6-4-13-5-6/h1-3,6H,4-5H2,(H2,12,15). The molecule has 5 heteroatoms. The lowest BCUT2D eigenvalue weighted by molar-refractivity contribution is -0.0797. The Balaban J connectivity index is 2.27. The fourth-order valence-electron chi connectivity index (χ4n) is 1.30. The van der Waals surface area contributed by atoms with Crippen molar-refractivity contribution in [2.24, 2.45) is 5.73 Å². The van der Waals surface area contributed by atoms with E-state index in [4.69, 9.17) is 27.4 Å². The highest BCUT2D eigenvalue weighted by atomic mass is 79.9. The maximum Gasteiger partial charge on any atom is 0.145 e. The summed E-state index contributed by atoms with van der Waals surface area (Å²) < 4.78 is 11.6. The van der Waals surface area contributed by atoms with Crippen LogP contribution in [0.4, 0.5) is 0 Å². The van der Waals surface area contributed by atoms with Crippen molar-refractivity contribution in [2.75, 3.05) is 13.2 Å². The summed E-state index contributed by atoms with van der Waals surface area (Å²) in [4.78, 5) is 0.331. The summed E-state index contributed by atoms with van der Waals surface area (Å²) >= 11 is 8.38. The topological polar surface area (TPSA) is 44.5 Å². The SMILES string of the molecule is NC(=S)c1c(Br)cccc1OC1COC1. The van der Waals surface area contributed by atoms with E-state index in [1.165, 1.54) is 0 Å². The second kappa shape index (κ2) is 4.47. The van der Waals surface area contributed by atoms with Crippen LogP contribution in [0.25, 0.3) is 0 Å². The molecule has 1 aliphatic heterocycles. The van der Waals surface area contributed by atoms with E-state index in [0.29, 0.717) is 24.0 Å². The number of halogens is 1. The molecule has 2 N–H and O–H groups in total. The molecule has 1 aliphatic rings. The van der Waals surface area contributed by atoms with Gasteiger partial charge in [0.15, 0.2) is 0 Å². The summed E-state index contributed by atoms with van der Waals surface area (Å²) in [5.74, 6) is 0.713. The Morgan fingerprint density at radius 1 is 1.53 bits per heavy atom. The van der Waals surface area contributed by atoms with Crippen molar-refractivity contribution in [3.05, 3.63) is 28.2 Å². The lowest BCUT2D eigenvalue weighted by Crippen LogP contribution is -2.39. The van der Waals surface area contributed by atoms with Crippen molar-refractivity contribution in [2.45, 2.75) is 6.10 Å². The molecule has 0 aliphatic carbocycles. The zero-order valence-electron chi connectivity index (χ0n) is 7.90. The minimum absolute atomic E-state index is 0.118. The zero-order valence-corrected chi connectivity index (χ0v) is 10.3. The number of hydrogen-bond donors (Lipinski definition) is 1. The number of rotatable bonds is 3. The third kappa shape index (κ3) is 2.30. The van der Waals surface area contributed by atoms with Gasteiger partial charge in [-0.15, -0.1) is 0 Å². The van der Waals surface area contributed by atoms with Crippen LogP contribution in [0, 0.1) is 0 Å². The number of ether oxygens (including phenoxy) is 2. The number of hydrogen-bond acceptors (Lipinski definition) is 3. The summed E-state index contributed by atoms with van der Waals surface area (Å²) in [7, 11) is 0. The summed E-state index contributed by atoms with van der Waals surface area (Å²) in [6.45, 7) is 1.26. The molecule has 1 aromatic carbocycles. The van der Waals surface area contributed by atoms with Gasteiger partial charge in [0.2, 0.25) is 0 Å². The lowest BCUT2D eigenvalue weighted by Gasteiger charge is -2.27. The molecule has 0 amide bonds. The Hall–Kier alpha value is -0.650. The van der Waals surface area contributed by atoms with Gasteiger partial charge in [0.05, 0.1) is 18.8 Å². The van der Waals surface area contributed by atoms with Gasteiger partial charge in [-0.05, 0) is 28.1 Å². The van der Waals surface area contributed by atoms with Crippen LogP contribution in [0.3, 0.4) is 0 Å². The molecule has 80 valence electrons. The third-order valence-electron chi connectivity index (χ3n) is 2.12. The molecule has 1 heterocycles. The average Bonchev–Trinajstić information content (AvgIpc) is 2.10. The molecular formula is C10H10BrNO2S. The van der Waals surface area contributed by atoms with Gasteiger partial charge in [-0.3, -0.25) is 0 Å². The zero-order chi connectivity index (χ0) is 10.8. The van der Waals surface area contributed by atoms with E-state index in [0.717, 1.165) is 10.0 Å². The van der Waals surface area contributed by atoms with Gasteiger partial charge in [-0.1, -0.05) is 18.3 Å². The number of nitrogens with two attached hydrogens (primary N) is 1. The number of benzene rings is 1. The quantitative estimate of drug-likeness (QED) is 0.862. The van der Waals surface area contributed by atoms with Crippen LogP contribution in [-0.2, 0) is 4.74 Å². The van der Waals surface area contributed by atoms with Gasteiger partial charge in [-0.2, -0.15) is 0 Å². The molecule has 2 rings (SSSR count). The molecule has 0 saturated carbocycles. The highest BCUT2D eigenvalue weighted by molar-refractivity contribution is 9.10. The largest absolute Gasteiger partial charge is 0.485 e. The van der Waals surface area contributed by atoms with E-state index >= 15 is 0 Å². The Labute approximate surface area is 102 Å². The smallest absolute Gasteiger partial charge is 0.145 e. The molecule has 3 nitrogen and oxygen atoms in total. The molecule has 0 bridgehead atoms. The van der Waals surface area contributed by atoms with Crippen molar-refractivity contribution in [3.63, 3.8) is 0 Å². The van der Waals surface area contributed by atoms with E-state index in [9.17, 15) is 0 Å². The van der Waals surface area contributed by atoms with E-state index in [1.807, 2.05) is 18.2 Å².